The van der Waals surface area contributed by atoms with Crippen molar-refractivity contribution in [2.45, 2.75) is 79.1 Å². The summed E-state index contributed by atoms with van der Waals surface area (Å²) in [5.41, 5.74) is 14.1. The fraction of sp³-hybridized carbons (Fsp3) is 0.222. The van der Waals surface area contributed by atoms with E-state index in [9.17, 15) is 0 Å². The van der Waals surface area contributed by atoms with Gasteiger partial charge in [-0.25, -0.2) is 0 Å². The molecule has 1 heterocycles. The molecule has 1 aliphatic rings. The van der Waals surface area contributed by atoms with Gasteiger partial charge in [0, 0.05) is 0 Å². The molecule has 0 aromatic heterocycles. The largest absolute Gasteiger partial charge is 3.00 e. The summed E-state index contributed by atoms with van der Waals surface area (Å²) < 4.78 is 0. The zero-order chi connectivity index (χ0) is 38.0. The van der Waals surface area contributed by atoms with Crippen molar-refractivity contribution in [3.63, 3.8) is 0 Å². The molecular weight excluding hydrogens is 768 g/mol. The predicted molar refractivity (Wildman–Crippen MR) is 242 cm³/mol. The van der Waals surface area contributed by atoms with Crippen molar-refractivity contribution >= 4 is 41.4 Å². The maximum absolute atomic E-state index is 3.31. The maximum atomic E-state index is 3.31. The zero-order valence-corrected chi connectivity index (χ0v) is 37.0. The molecule has 0 saturated carbocycles. The second-order valence-corrected chi connectivity index (χ2v) is 16.0. The first-order valence-electron chi connectivity index (χ1n) is 20.5. The van der Waals surface area contributed by atoms with Gasteiger partial charge in [-0.2, -0.15) is 41.6 Å². The first kappa shape index (κ1) is 41.3. The molecule has 0 atom stereocenters. The number of aryl methyl sites for hydroxylation is 4. The van der Waals surface area contributed by atoms with Crippen LogP contribution in [-0.4, -0.2) is 9.52 Å². The van der Waals surface area contributed by atoms with Crippen LogP contribution >= 0.6 is 0 Å². The van der Waals surface area contributed by atoms with E-state index in [1.165, 1.54) is 126 Å². The fourth-order valence-corrected chi connectivity index (χ4v) is 9.33. The maximum Gasteiger partial charge on any atom is 3.00 e. The Morgan fingerprint density at radius 2 is 0.946 bits per heavy atom. The van der Waals surface area contributed by atoms with E-state index in [1.807, 2.05) is 6.07 Å². The summed E-state index contributed by atoms with van der Waals surface area (Å²) in [5, 5.41) is 8.40. The first-order valence-corrected chi connectivity index (χ1v) is 21.5. The van der Waals surface area contributed by atoms with Crippen LogP contribution in [-0.2, 0) is 51.9 Å². The van der Waals surface area contributed by atoms with Gasteiger partial charge in [-0.15, -0.1) is 74.6 Å². The van der Waals surface area contributed by atoms with Gasteiger partial charge in [-0.3, -0.25) is 0 Å². The molecule has 56 heavy (non-hydrogen) atoms. The average Bonchev–Trinajstić information content (AvgIpc) is 3.97. The first-order chi connectivity index (χ1) is 27.1. The molecule has 0 bridgehead atoms. The number of unbranched alkanes of at least 4 members (excludes halogenated alkanes) is 2. The Bertz CT molecular complexity index is 2300. The van der Waals surface area contributed by atoms with Crippen LogP contribution in [0.15, 0.2) is 152 Å². The van der Waals surface area contributed by atoms with E-state index in [-0.39, 0.29) is 26.2 Å². The molecular formula is C54H53SiZr. The van der Waals surface area contributed by atoms with Gasteiger partial charge in [-0.05, 0) is 47.9 Å². The van der Waals surface area contributed by atoms with Crippen LogP contribution in [0.4, 0.5) is 0 Å². The Hall–Kier alpha value is -4.36. The average molecular weight is 821 g/mol. The van der Waals surface area contributed by atoms with Crippen LogP contribution in [0, 0.1) is 6.07 Å². The van der Waals surface area contributed by atoms with Crippen molar-refractivity contribution in [1.29, 1.82) is 0 Å². The summed E-state index contributed by atoms with van der Waals surface area (Å²) in [5.74, 6) is 0. The molecule has 0 amide bonds. The topological polar surface area (TPSA) is 0 Å². The minimum absolute atomic E-state index is 0. The Labute approximate surface area is 357 Å². The summed E-state index contributed by atoms with van der Waals surface area (Å²) in [6.45, 7) is 8.98. The van der Waals surface area contributed by atoms with Crippen molar-refractivity contribution in [3.8, 4) is 33.4 Å². The van der Waals surface area contributed by atoms with E-state index in [1.54, 1.807) is 0 Å². The van der Waals surface area contributed by atoms with Gasteiger partial charge in [-0.1, -0.05) is 160 Å². The minimum Gasteiger partial charge on any atom is -0.184 e. The van der Waals surface area contributed by atoms with Crippen molar-refractivity contribution in [2.75, 3.05) is 0 Å². The van der Waals surface area contributed by atoms with Gasteiger partial charge in [0.05, 0.1) is 9.52 Å². The second kappa shape index (κ2) is 20.2. The molecule has 9 rings (SSSR count). The molecule has 0 aliphatic carbocycles. The molecule has 277 valence electrons. The molecule has 0 unspecified atom stereocenters. The minimum atomic E-state index is 0. The monoisotopic (exact) mass is 819 g/mol. The van der Waals surface area contributed by atoms with E-state index < -0.39 is 0 Å². The SMILES string of the molecule is CCCCc1cc2c(-c3ccccc3CC)cccc2[cH-]1.CCCCc1cc2c(-c3ccccc3CC)cccc2[cH-]1.[Zr+3].[c-]1cccc2c1[Si]c1ccccc1-2. The molecule has 8 aromatic carbocycles. The molecule has 0 saturated heterocycles. The van der Waals surface area contributed by atoms with Crippen LogP contribution in [0.1, 0.15) is 75.6 Å². The van der Waals surface area contributed by atoms with E-state index in [4.69, 9.17) is 0 Å². The Morgan fingerprint density at radius 3 is 1.46 bits per heavy atom. The summed E-state index contributed by atoms with van der Waals surface area (Å²) in [4.78, 5) is 0. The Balaban J connectivity index is 0.000000145. The van der Waals surface area contributed by atoms with E-state index in [0.29, 0.717) is 0 Å². The van der Waals surface area contributed by atoms with Crippen LogP contribution in [0.25, 0.3) is 54.9 Å². The van der Waals surface area contributed by atoms with Gasteiger partial charge in [0.15, 0.2) is 0 Å². The molecule has 8 aromatic rings. The normalized spacial score (nSPS) is 11.2. The molecule has 0 nitrogen and oxygen atoms in total. The number of rotatable bonds is 10. The third kappa shape index (κ3) is 9.42. The van der Waals surface area contributed by atoms with E-state index in [0.717, 1.165) is 22.4 Å². The third-order valence-corrected chi connectivity index (χ3v) is 12.3. The Kier molecular flexibility index (Phi) is 14.9. The van der Waals surface area contributed by atoms with Crippen molar-refractivity contribution < 1.29 is 26.2 Å². The third-order valence-electron chi connectivity index (χ3n) is 11.0. The van der Waals surface area contributed by atoms with Crippen LogP contribution in [0.5, 0.6) is 0 Å². The van der Waals surface area contributed by atoms with Crippen LogP contribution in [0.3, 0.4) is 0 Å². The predicted octanol–water partition coefficient (Wildman–Crippen LogP) is 13.4. The van der Waals surface area contributed by atoms with Crippen LogP contribution < -0.4 is 10.4 Å². The van der Waals surface area contributed by atoms with Gasteiger partial charge in [0.1, 0.15) is 0 Å². The fourth-order valence-electron chi connectivity index (χ4n) is 8.02. The van der Waals surface area contributed by atoms with E-state index in [2.05, 4.69) is 179 Å². The smallest absolute Gasteiger partial charge is 0.184 e. The van der Waals surface area contributed by atoms with Gasteiger partial charge >= 0.3 is 26.2 Å². The summed E-state index contributed by atoms with van der Waals surface area (Å²) in [6.07, 6.45) is 9.61. The summed E-state index contributed by atoms with van der Waals surface area (Å²) >= 11 is 0. The standard InChI is InChI=1S/2C21H23.C12H7Si.Zr/c2*1-3-5-9-16-14-18-11-8-13-20(21(18)15-16)19-12-7-6-10-17(19)4-2;1-3-7-11-9(5-1)10-6-2-4-8-12(10)13-11;/h2*6-8,10-15H,3-5,9H2,1-2H3;1-7H;/q3*-1;+3. The van der Waals surface area contributed by atoms with Crippen molar-refractivity contribution in [2.24, 2.45) is 0 Å². The summed E-state index contributed by atoms with van der Waals surface area (Å²) in [7, 11) is 0.795. The number of hydrogen-bond donors (Lipinski definition) is 0. The van der Waals surface area contributed by atoms with Crippen molar-refractivity contribution in [3.05, 3.63) is 180 Å². The molecule has 2 heteroatoms. The van der Waals surface area contributed by atoms with E-state index >= 15 is 0 Å². The van der Waals surface area contributed by atoms with Gasteiger partial charge in [0.2, 0.25) is 0 Å². The molecule has 0 N–H and O–H groups in total. The molecule has 0 fully saturated rings. The quantitative estimate of drug-likeness (QED) is 0.0952. The van der Waals surface area contributed by atoms with Gasteiger partial charge in [0.25, 0.3) is 0 Å². The Morgan fingerprint density at radius 1 is 0.482 bits per heavy atom. The number of benzene rings is 6. The van der Waals surface area contributed by atoms with Crippen LogP contribution in [0.2, 0.25) is 0 Å². The molecule has 0 spiro atoms. The second-order valence-electron chi connectivity index (χ2n) is 14.7. The number of hydrogen-bond acceptors (Lipinski definition) is 0. The zero-order valence-electron chi connectivity index (χ0n) is 33.6. The summed E-state index contributed by atoms with van der Waals surface area (Å²) in [6, 6.07) is 58.6. The molecule has 1 aliphatic heterocycles. The molecule has 3 radical (unpaired) electrons. The number of fused-ring (bicyclic) bond motifs is 5. The van der Waals surface area contributed by atoms with Gasteiger partial charge < -0.3 is 0 Å². The van der Waals surface area contributed by atoms with Crippen molar-refractivity contribution in [1.82, 2.24) is 0 Å².